The lowest BCUT2D eigenvalue weighted by atomic mass is 9.84. The van der Waals surface area contributed by atoms with Gasteiger partial charge in [0.05, 0.1) is 0 Å². The molecule has 0 aliphatic rings. The van der Waals surface area contributed by atoms with E-state index in [1.807, 2.05) is 0 Å². The average Bonchev–Trinajstić information content (AvgIpc) is 3.13. The SMILES string of the molecule is Cc1cccc(-c2c3ccccc3c(-c3ccc4cccc(-c5ccccc5-c5cccc6ccccc56)c4c3)c3ccccc23)c1. The Labute approximate surface area is 275 Å². The third kappa shape index (κ3) is 4.53. The Morgan fingerprint density at radius 2 is 0.702 bits per heavy atom. The standard InChI is InChI=1S/C47H32/c1-31-13-10-17-34(29-31)46-41-21-6-8-23-43(41)47(44-24-9-7-22-42(44)46)35-28-27-33-16-12-26-40(45(33)30-35)39-20-5-4-19-38(39)37-25-11-15-32-14-2-3-18-36(32)37/h2-30H,1H3. The summed E-state index contributed by atoms with van der Waals surface area (Å²) in [6, 6.07) is 64.7. The van der Waals surface area contributed by atoms with Crippen LogP contribution in [0.4, 0.5) is 0 Å². The summed E-state index contributed by atoms with van der Waals surface area (Å²) in [4.78, 5) is 0. The Hall–Kier alpha value is -5.98. The fourth-order valence-electron chi connectivity index (χ4n) is 7.63. The second-order valence-electron chi connectivity index (χ2n) is 12.5. The summed E-state index contributed by atoms with van der Waals surface area (Å²) in [6.45, 7) is 2.17. The minimum absolute atomic E-state index is 1.23. The summed E-state index contributed by atoms with van der Waals surface area (Å²) < 4.78 is 0. The van der Waals surface area contributed by atoms with Gasteiger partial charge in [0.2, 0.25) is 0 Å². The van der Waals surface area contributed by atoms with Crippen molar-refractivity contribution in [2.24, 2.45) is 0 Å². The molecule has 0 fully saturated rings. The molecule has 0 amide bonds. The smallest absolute Gasteiger partial charge is 0.00261 e. The molecular weight excluding hydrogens is 565 g/mol. The van der Waals surface area contributed by atoms with Gasteiger partial charge in [-0.05, 0) is 101 Å². The molecule has 0 heteroatoms. The molecule has 0 aliphatic heterocycles. The lowest BCUT2D eigenvalue weighted by molar-refractivity contribution is 1.47. The second kappa shape index (κ2) is 11.1. The Bertz CT molecular complexity index is 2580. The highest BCUT2D eigenvalue weighted by Crippen LogP contribution is 2.45. The zero-order valence-electron chi connectivity index (χ0n) is 26.2. The first kappa shape index (κ1) is 27.3. The molecule has 0 radical (unpaired) electrons. The van der Waals surface area contributed by atoms with Crippen molar-refractivity contribution in [1.29, 1.82) is 0 Å². The summed E-state index contributed by atoms with van der Waals surface area (Å²) >= 11 is 0. The van der Waals surface area contributed by atoms with E-state index in [0.717, 1.165) is 0 Å². The van der Waals surface area contributed by atoms with Crippen LogP contribution in [0.25, 0.3) is 87.6 Å². The van der Waals surface area contributed by atoms with E-state index < -0.39 is 0 Å². The molecule has 0 unspecified atom stereocenters. The van der Waals surface area contributed by atoms with E-state index in [1.54, 1.807) is 0 Å². The van der Waals surface area contributed by atoms with Crippen molar-refractivity contribution in [3.8, 4) is 44.5 Å². The van der Waals surface area contributed by atoms with Gasteiger partial charge in [-0.1, -0.05) is 175 Å². The fourth-order valence-corrected chi connectivity index (χ4v) is 7.63. The molecule has 0 aromatic heterocycles. The van der Waals surface area contributed by atoms with E-state index in [1.165, 1.54) is 93.2 Å². The Kier molecular flexibility index (Phi) is 6.47. The van der Waals surface area contributed by atoms with Crippen LogP contribution < -0.4 is 0 Å². The van der Waals surface area contributed by atoms with E-state index in [4.69, 9.17) is 0 Å². The average molecular weight is 597 g/mol. The molecule has 0 bridgehead atoms. The molecular formula is C47H32. The maximum Gasteiger partial charge on any atom is -0.00261 e. The Morgan fingerprint density at radius 1 is 0.277 bits per heavy atom. The number of benzene rings is 9. The molecule has 9 aromatic rings. The largest absolute Gasteiger partial charge is 0.0616 e. The molecule has 0 aliphatic carbocycles. The van der Waals surface area contributed by atoms with Gasteiger partial charge >= 0.3 is 0 Å². The van der Waals surface area contributed by atoms with Gasteiger partial charge in [0.25, 0.3) is 0 Å². The summed E-state index contributed by atoms with van der Waals surface area (Å²) in [5.41, 5.74) is 11.3. The number of aryl methyl sites for hydroxylation is 1. The highest BCUT2D eigenvalue weighted by Gasteiger charge is 2.18. The first-order valence-corrected chi connectivity index (χ1v) is 16.4. The monoisotopic (exact) mass is 596 g/mol. The van der Waals surface area contributed by atoms with Crippen LogP contribution in [-0.4, -0.2) is 0 Å². The van der Waals surface area contributed by atoms with E-state index in [2.05, 4.69) is 183 Å². The van der Waals surface area contributed by atoms with E-state index in [9.17, 15) is 0 Å². The van der Waals surface area contributed by atoms with Crippen LogP contribution in [0, 0.1) is 6.92 Å². The van der Waals surface area contributed by atoms with Crippen LogP contribution in [0.5, 0.6) is 0 Å². The summed E-state index contributed by atoms with van der Waals surface area (Å²) in [5.74, 6) is 0. The molecule has 9 rings (SSSR count). The molecule has 0 saturated heterocycles. The van der Waals surface area contributed by atoms with E-state index >= 15 is 0 Å². The highest BCUT2D eigenvalue weighted by atomic mass is 14.2. The molecule has 0 atom stereocenters. The minimum atomic E-state index is 1.23. The van der Waals surface area contributed by atoms with Gasteiger partial charge in [0.1, 0.15) is 0 Å². The minimum Gasteiger partial charge on any atom is -0.0616 e. The lowest BCUT2D eigenvalue weighted by Gasteiger charge is -2.19. The molecule has 9 aromatic carbocycles. The van der Waals surface area contributed by atoms with E-state index in [0.29, 0.717) is 0 Å². The summed E-state index contributed by atoms with van der Waals surface area (Å²) in [7, 11) is 0. The van der Waals surface area contributed by atoms with Crippen LogP contribution >= 0.6 is 0 Å². The van der Waals surface area contributed by atoms with Crippen LogP contribution in [-0.2, 0) is 0 Å². The van der Waals surface area contributed by atoms with Crippen LogP contribution in [0.3, 0.4) is 0 Å². The van der Waals surface area contributed by atoms with Crippen LogP contribution in [0.15, 0.2) is 176 Å². The predicted molar refractivity (Wildman–Crippen MR) is 203 cm³/mol. The molecule has 0 N–H and O–H groups in total. The predicted octanol–water partition coefficient (Wildman–Crippen LogP) is 13.3. The van der Waals surface area contributed by atoms with Crippen molar-refractivity contribution in [3.05, 3.63) is 181 Å². The molecule has 0 spiro atoms. The number of fused-ring (bicyclic) bond motifs is 4. The molecule has 220 valence electrons. The van der Waals surface area contributed by atoms with Crippen molar-refractivity contribution in [2.75, 3.05) is 0 Å². The molecule has 0 saturated carbocycles. The van der Waals surface area contributed by atoms with Gasteiger partial charge in [-0.2, -0.15) is 0 Å². The summed E-state index contributed by atoms with van der Waals surface area (Å²) in [6.07, 6.45) is 0. The fraction of sp³-hybridized carbons (Fsp3) is 0.0213. The zero-order valence-corrected chi connectivity index (χ0v) is 26.2. The topological polar surface area (TPSA) is 0 Å². The van der Waals surface area contributed by atoms with Gasteiger partial charge in [-0.25, -0.2) is 0 Å². The van der Waals surface area contributed by atoms with Gasteiger partial charge in [-0.3, -0.25) is 0 Å². The number of hydrogen-bond acceptors (Lipinski definition) is 0. The second-order valence-corrected chi connectivity index (χ2v) is 12.5. The zero-order chi connectivity index (χ0) is 31.3. The van der Waals surface area contributed by atoms with Crippen molar-refractivity contribution < 1.29 is 0 Å². The Morgan fingerprint density at radius 3 is 1.30 bits per heavy atom. The first-order valence-electron chi connectivity index (χ1n) is 16.4. The van der Waals surface area contributed by atoms with Crippen molar-refractivity contribution in [1.82, 2.24) is 0 Å². The maximum atomic E-state index is 2.42. The summed E-state index contributed by atoms with van der Waals surface area (Å²) in [5, 5.41) is 10.1. The van der Waals surface area contributed by atoms with Crippen molar-refractivity contribution >= 4 is 43.1 Å². The van der Waals surface area contributed by atoms with Gasteiger partial charge < -0.3 is 0 Å². The third-order valence-electron chi connectivity index (χ3n) is 9.71. The van der Waals surface area contributed by atoms with Crippen LogP contribution in [0.2, 0.25) is 0 Å². The maximum absolute atomic E-state index is 2.42. The van der Waals surface area contributed by atoms with Crippen LogP contribution in [0.1, 0.15) is 5.56 Å². The Balaban J connectivity index is 1.32. The van der Waals surface area contributed by atoms with Gasteiger partial charge in [-0.15, -0.1) is 0 Å². The number of rotatable bonds is 4. The molecule has 47 heavy (non-hydrogen) atoms. The lowest BCUT2D eigenvalue weighted by Crippen LogP contribution is -1.92. The highest BCUT2D eigenvalue weighted by molar-refractivity contribution is 6.22. The first-order chi connectivity index (χ1) is 23.2. The number of hydrogen-bond donors (Lipinski definition) is 0. The van der Waals surface area contributed by atoms with Crippen molar-refractivity contribution in [3.63, 3.8) is 0 Å². The molecule has 0 heterocycles. The van der Waals surface area contributed by atoms with Crippen molar-refractivity contribution in [2.45, 2.75) is 6.92 Å². The van der Waals surface area contributed by atoms with Gasteiger partial charge in [0, 0.05) is 0 Å². The quantitative estimate of drug-likeness (QED) is 0.177. The van der Waals surface area contributed by atoms with E-state index in [-0.39, 0.29) is 0 Å². The third-order valence-corrected chi connectivity index (χ3v) is 9.71. The normalized spacial score (nSPS) is 11.5. The molecule has 0 nitrogen and oxygen atoms in total. The van der Waals surface area contributed by atoms with Gasteiger partial charge in [0.15, 0.2) is 0 Å².